The summed E-state index contributed by atoms with van der Waals surface area (Å²) in [5.41, 5.74) is 1.22. The Morgan fingerprint density at radius 3 is 2.50 bits per heavy atom. The fourth-order valence-corrected chi connectivity index (χ4v) is 2.10. The first-order chi connectivity index (χ1) is 8.65. The second-order valence-electron chi connectivity index (χ2n) is 4.87. The standard InChI is InChI=1S/C14H19NO3/c1-11-2-4-12(5-3-11)13(17)15-14(10-16)6-8-18-9-7-14/h2-5,16H,6-10H2,1H3,(H,15,17). The van der Waals surface area contributed by atoms with Crippen LogP contribution in [0.4, 0.5) is 0 Å². The van der Waals surface area contributed by atoms with Crippen molar-refractivity contribution >= 4 is 5.91 Å². The van der Waals surface area contributed by atoms with Crippen LogP contribution in [0.3, 0.4) is 0 Å². The van der Waals surface area contributed by atoms with Crippen LogP contribution in [0.25, 0.3) is 0 Å². The van der Waals surface area contributed by atoms with Crippen LogP contribution < -0.4 is 5.32 Å². The number of hydrogen-bond donors (Lipinski definition) is 2. The lowest BCUT2D eigenvalue weighted by atomic mass is 9.90. The Kier molecular flexibility index (Phi) is 3.99. The number of nitrogens with one attached hydrogen (secondary N) is 1. The van der Waals surface area contributed by atoms with Crippen LogP contribution in [-0.2, 0) is 4.74 Å². The van der Waals surface area contributed by atoms with E-state index in [-0.39, 0.29) is 12.5 Å². The molecule has 1 aliphatic heterocycles. The molecule has 0 aliphatic carbocycles. The van der Waals surface area contributed by atoms with Crippen molar-refractivity contribution in [2.45, 2.75) is 25.3 Å². The molecule has 2 rings (SSSR count). The number of carbonyl (C=O) groups is 1. The zero-order chi connectivity index (χ0) is 13.0. The molecule has 0 radical (unpaired) electrons. The minimum absolute atomic E-state index is 0.0477. The van der Waals surface area contributed by atoms with Crippen molar-refractivity contribution in [3.63, 3.8) is 0 Å². The van der Waals surface area contributed by atoms with E-state index in [1.54, 1.807) is 12.1 Å². The van der Waals surface area contributed by atoms with Gasteiger partial charge in [-0.3, -0.25) is 4.79 Å². The summed E-state index contributed by atoms with van der Waals surface area (Å²) < 4.78 is 5.27. The van der Waals surface area contributed by atoms with Gasteiger partial charge in [0.25, 0.3) is 5.91 Å². The molecule has 1 amide bonds. The van der Waals surface area contributed by atoms with E-state index >= 15 is 0 Å². The third-order valence-electron chi connectivity index (χ3n) is 3.45. The molecule has 2 N–H and O–H groups in total. The second-order valence-corrected chi connectivity index (χ2v) is 4.87. The molecule has 4 heteroatoms. The van der Waals surface area contributed by atoms with E-state index < -0.39 is 5.54 Å². The van der Waals surface area contributed by atoms with Crippen LogP contribution in [0.2, 0.25) is 0 Å². The van der Waals surface area contributed by atoms with Crippen molar-refractivity contribution in [1.82, 2.24) is 5.32 Å². The van der Waals surface area contributed by atoms with Gasteiger partial charge in [-0.25, -0.2) is 0 Å². The first kappa shape index (κ1) is 13.1. The summed E-state index contributed by atoms with van der Waals surface area (Å²) in [6.45, 7) is 3.09. The van der Waals surface area contributed by atoms with Crippen molar-refractivity contribution in [3.05, 3.63) is 35.4 Å². The molecule has 1 aromatic rings. The average Bonchev–Trinajstić information content (AvgIpc) is 2.40. The van der Waals surface area contributed by atoms with Gasteiger partial charge in [-0.15, -0.1) is 0 Å². The van der Waals surface area contributed by atoms with Crippen LogP contribution in [0.5, 0.6) is 0 Å². The molecular weight excluding hydrogens is 230 g/mol. The van der Waals surface area contributed by atoms with Crippen LogP contribution in [-0.4, -0.2) is 36.4 Å². The van der Waals surface area contributed by atoms with Crippen molar-refractivity contribution in [2.24, 2.45) is 0 Å². The van der Waals surface area contributed by atoms with Crippen LogP contribution in [0.1, 0.15) is 28.8 Å². The molecule has 1 heterocycles. The second kappa shape index (κ2) is 5.50. The lowest BCUT2D eigenvalue weighted by Gasteiger charge is -2.36. The smallest absolute Gasteiger partial charge is 0.251 e. The number of aliphatic hydroxyl groups is 1. The molecular formula is C14H19NO3. The molecule has 1 aromatic carbocycles. The third-order valence-corrected chi connectivity index (χ3v) is 3.45. The fraction of sp³-hybridized carbons (Fsp3) is 0.500. The summed E-state index contributed by atoms with van der Waals surface area (Å²) in [4.78, 5) is 12.1. The summed E-state index contributed by atoms with van der Waals surface area (Å²) >= 11 is 0. The normalized spacial score (nSPS) is 18.3. The minimum Gasteiger partial charge on any atom is -0.394 e. The van der Waals surface area contributed by atoms with Gasteiger partial charge in [0.05, 0.1) is 12.1 Å². The maximum Gasteiger partial charge on any atom is 0.251 e. The number of amides is 1. The quantitative estimate of drug-likeness (QED) is 0.848. The number of aryl methyl sites for hydroxylation is 1. The van der Waals surface area contributed by atoms with E-state index in [1.807, 2.05) is 19.1 Å². The zero-order valence-corrected chi connectivity index (χ0v) is 10.6. The lowest BCUT2D eigenvalue weighted by Crippen LogP contribution is -2.54. The van der Waals surface area contributed by atoms with E-state index in [4.69, 9.17) is 4.74 Å². The van der Waals surface area contributed by atoms with Gasteiger partial charge < -0.3 is 15.2 Å². The maximum atomic E-state index is 12.1. The molecule has 0 aromatic heterocycles. The Bertz CT molecular complexity index is 408. The number of hydrogen-bond acceptors (Lipinski definition) is 3. The summed E-state index contributed by atoms with van der Waals surface area (Å²) in [5, 5.41) is 12.5. The van der Waals surface area contributed by atoms with Gasteiger partial charge >= 0.3 is 0 Å². The van der Waals surface area contributed by atoms with Gasteiger partial charge in [0.15, 0.2) is 0 Å². The molecule has 98 valence electrons. The van der Waals surface area contributed by atoms with E-state index in [2.05, 4.69) is 5.32 Å². The van der Waals surface area contributed by atoms with E-state index in [0.717, 1.165) is 5.56 Å². The Hall–Kier alpha value is -1.39. The maximum absolute atomic E-state index is 12.1. The van der Waals surface area contributed by atoms with Gasteiger partial charge in [-0.05, 0) is 31.9 Å². The highest BCUT2D eigenvalue weighted by Crippen LogP contribution is 2.20. The molecule has 0 unspecified atom stereocenters. The number of ether oxygens (including phenoxy) is 1. The lowest BCUT2D eigenvalue weighted by molar-refractivity contribution is 0.0125. The summed E-state index contributed by atoms with van der Waals surface area (Å²) in [7, 11) is 0. The van der Waals surface area contributed by atoms with Crippen molar-refractivity contribution in [2.75, 3.05) is 19.8 Å². The van der Waals surface area contributed by atoms with Crippen molar-refractivity contribution in [1.29, 1.82) is 0 Å². The predicted octanol–water partition coefficient (Wildman–Crippen LogP) is 1.27. The molecule has 18 heavy (non-hydrogen) atoms. The largest absolute Gasteiger partial charge is 0.394 e. The highest BCUT2D eigenvalue weighted by molar-refractivity contribution is 5.94. The van der Waals surface area contributed by atoms with Crippen LogP contribution in [0.15, 0.2) is 24.3 Å². The molecule has 1 fully saturated rings. The third kappa shape index (κ3) is 2.89. The molecule has 0 spiro atoms. The van der Waals surface area contributed by atoms with Gasteiger partial charge in [0.2, 0.25) is 0 Å². The number of carbonyl (C=O) groups excluding carboxylic acids is 1. The van der Waals surface area contributed by atoms with E-state index in [1.165, 1.54) is 0 Å². The summed E-state index contributed by atoms with van der Waals surface area (Å²) in [6.07, 6.45) is 1.31. The Morgan fingerprint density at radius 1 is 1.33 bits per heavy atom. The first-order valence-corrected chi connectivity index (χ1v) is 6.23. The topological polar surface area (TPSA) is 58.6 Å². The monoisotopic (exact) mass is 249 g/mol. The van der Waals surface area contributed by atoms with Crippen LogP contribution in [0, 0.1) is 6.92 Å². The summed E-state index contributed by atoms with van der Waals surface area (Å²) in [5.74, 6) is -0.133. The van der Waals surface area contributed by atoms with Gasteiger partial charge in [0.1, 0.15) is 0 Å². The van der Waals surface area contributed by atoms with E-state index in [9.17, 15) is 9.90 Å². The SMILES string of the molecule is Cc1ccc(C(=O)NC2(CO)CCOCC2)cc1. The number of aliphatic hydroxyl groups excluding tert-OH is 1. The molecule has 0 saturated carbocycles. The minimum atomic E-state index is -0.528. The molecule has 1 saturated heterocycles. The first-order valence-electron chi connectivity index (χ1n) is 6.23. The number of benzene rings is 1. The summed E-state index contributed by atoms with van der Waals surface area (Å²) in [6, 6.07) is 7.42. The van der Waals surface area contributed by atoms with E-state index in [0.29, 0.717) is 31.6 Å². The fourth-order valence-electron chi connectivity index (χ4n) is 2.10. The molecule has 0 atom stereocenters. The Labute approximate surface area is 107 Å². The Morgan fingerprint density at radius 2 is 1.94 bits per heavy atom. The Balaban J connectivity index is 2.07. The average molecular weight is 249 g/mol. The van der Waals surface area contributed by atoms with Gasteiger partial charge in [-0.1, -0.05) is 17.7 Å². The molecule has 4 nitrogen and oxygen atoms in total. The number of rotatable bonds is 3. The van der Waals surface area contributed by atoms with Crippen molar-refractivity contribution < 1.29 is 14.6 Å². The van der Waals surface area contributed by atoms with Crippen molar-refractivity contribution in [3.8, 4) is 0 Å². The predicted molar refractivity (Wildman–Crippen MR) is 68.5 cm³/mol. The zero-order valence-electron chi connectivity index (χ0n) is 10.6. The molecule has 1 aliphatic rings. The van der Waals surface area contributed by atoms with Gasteiger partial charge in [-0.2, -0.15) is 0 Å². The highest BCUT2D eigenvalue weighted by Gasteiger charge is 2.33. The van der Waals surface area contributed by atoms with Gasteiger partial charge in [0, 0.05) is 18.8 Å². The molecule has 0 bridgehead atoms. The van der Waals surface area contributed by atoms with Crippen LogP contribution >= 0.6 is 0 Å². The highest BCUT2D eigenvalue weighted by atomic mass is 16.5.